The smallest absolute Gasteiger partial charge is 0.0701 e. The van der Waals surface area contributed by atoms with Gasteiger partial charge in [-0.1, -0.05) is 0 Å². The second-order valence-electron chi connectivity index (χ2n) is 2.19. The topological polar surface area (TPSA) is 41.9 Å². The van der Waals surface area contributed by atoms with Crippen molar-refractivity contribution in [2.24, 2.45) is 0 Å². The molecule has 1 N–H and O–H groups in total. The summed E-state index contributed by atoms with van der Waals surface area (Å²) in [5, 5.41) is 9.78. The second-order valence-corrected chi connectivity index (χ2v) is 2.19. The number of likely N-dealkylation sites (N-methyl/N-ethyl adjacent to an activating group) is 1. The van der Waals surface area contributed by atoms with Crippen LogP contribution in [0.2, 0.25) is 0 Å². The lowest BCUT2D eigenvalue weighted by atomic mass is 10.6. The van der Waals surface area contributed by atoms with E-state index >= 15 is 0 Å². The van der Waals surface area contributed by atoms with Crippen LogP contribution in [0.15, 0.2) is 0 Å². The third kappa shape index (κ3) is 9.84. The fourth-order valence-electron chi connectivity index (χ4n) is 0.561. The summed E-state index contributed by atoms with van der Waals surface area (Å²) < 4.78 is 10.2. The van der Waals surface area contributed by atoms with Crippen LogP contribution in [0.5, 0.6) is 0 Å². The molecule has 0 aromatic rings. The van der Waals surface area contributed by atoms with Crippen LogP contribution in [0, 0.1) is 0 Å². The molecule has 0 atom stereocenters. The summed E-state index contributed by atoms with van der Waals surface area (Å²) in [4.78, 5) is 0. The van der Waals surface area contributed by atoms with E-state index < -0.39 is 0 Å². The molecule has 0 unspecified atom stereocenters. The molecule has 0 fully saturated rings. The molecule has 0 saturated heterocycles. The van der Waals surface area contributed by atoms with Gasteiger partial charge in [0.25, 0.3) is 0 Å². The lowest BCUT2D eigenvalue weighted by molar-refractivity contribution is -0.0828. The van der Waals surface area contributed by atoms with Crippen LogP contribution in [0.3, 0.4) is 0 Å². The van der Waals surface area contributed by atoms with Crippen molar-refractivity contribution in [2.75, 3.05) is 40.0 Å². The largest absolute Gasteiger partial charge is 0.379 e. The summed E-state index contributed by atoms with van der Waals surface area (Å²) in [5.41, 5.74) is 0. The zero-order valence-corrected chi connectivity index (χ0v) is 7.25. The van der Waals surface area contributed by atoms with Crippen LogP contribution >= 0.6 is 0 Å². The molecule has 0 aliphatic heterocycles. The average molecular weight is 163 g/mol. The zero-order valence-electron chi connectivity index (χ0n) is 7.25. The van der Waals surface area contributed by atoms with Gasteiger partial charge in [-0.25, -0.2) is 0 Å². The van der Waals surface area contributed by atoms with Gasteiger partial charge in [-0.05, 0) is 6.92 Å². The molecular formula is C7H17NO3. The van der Waals surface area contributed by atoms with Crippen molar-refractivity contribution in [1.29, 1.82) is 0 Å². The van der Waals surface area contributed by atoms with Crippen molar-refractivity contribution in [3.05, 3.63) is 0 Å². The molecule has 0 bridgehead atoms. The molecule has 0 rings (SSSR count). The normalized spacial score (nSPS) is 10.9. The Balaban J connectivity index is 2.80. The van der Waals surface area contributed by atoms with Gasteiger partial charge in [0.15, 0.2) is 0 Å². The van der Waals surface area contributed by atoms with E-state index in [0.717, 1.165) is 11.7 Å². The first kappa shape index (κ1) is 10.8. The molecular weight excluding hydrogens is 146 g/mol. The lowest BCUT2D eigenvalue weighted by Crippen LogP contribution is -2.19. The predicted molar refractivity (Wildman–Crippen MR) is 41.7 cm³/mol. The first-order chi connectivity index (χ1) is 5.27. The Morgan fingerprint density at radius 3 is 2.36 bits per heavy atom. The van der Waals surface area contributed by atoms with Crippen molar-refractivity contribution in [2.45, 2.75) is 6.92 Å². The van der Waals surface area contributed by atoms with Gasteiger partial charge < -0.3 is 14.7 Å². The number of nitrogens with zero attached hydrogens (tertiary/aromatic N) is 1. The molecule has 4 heteroatoms. The van der Waals surface area contributed by atoms with Crippen molar-refractivity contribution >= 4 is 0 Å². The van der Waals surface area contributed by atoms with E-state index in [0.29, 0.717) is 26.4 Å². The van der Waals surface area contributed by atoms with Gasteiger partial charge in [0.2, 0.25) is 0 Å². The highest BCUT2D eigenvalue weighted by molar-refractivity contribution is 4.34. The van der Waals surface area contributed by atoms with Gasteiger partial charge >= 0.3 is 0 Å². The quantitative estimate of drug-likeness (QED) is 0.434. The minimum absolute atomic E-state index is 0.534. The summed E-state index contributed by atoms with van der Waals surface area (Å²) in [6.45, 7) is 4.98. The SMILES string of the molecule is CCOCCOCCN(C)O. The molecule has 0 radical (unpaired) electrons. The highest BCUT2D eigenvalue weighted by atomic mass is 16.5. The number of hydroxylamine groups is 2. The first-order valence-electron chi connectivity index (χ1n) is 3.83. The van der Waals surface area contributed by atoms with Crippen molar-refractivity contribution in [3.8, 4) is 0 Å². The number of rotatable bonds is 7. The number of hydrogen-bond acceptors (Lipinski definition) is 4. The van der Waals surface area contributed by atoms with Crippen molar-refractivity contribution < 1.29 is 14.7 Å². The third-order valence-electron chi connectivity index (χ3n) is 1.14. The zero-order chi connectivity index (χ0) is 8.53. The van der Waals surface area contributed by atoms with E-state index in [4.69, 9.17) is 14.7 Å². The van der Waals surface area contributed by atoms with E-state index in [-0.39, 0.29) is 0 Å². The molecule has 68 valence electrons. The molecule has 0 heterocycles. The van der Waals surface area contributed by atoms with Crippen LogP contribution < -0.4 is 0 Å². The van der Waals surface area contributed by atoms with Gasteiger partial charge in [0.05, 0.1) is 19.8 Å². The minimum Gasteiger partial charge on any atom is -0.379 e. The molecule has 0 aliphatic rings. The summed E-state index contributed by atoms with van der Waals surface area (Å²) in [7, 11) is 1.59. The Morgan fingerprint density at radius 1 is 1.18 bits per heavy atom. The van der Waals surface area contributed by atoms with Crippen LogP contribution in [0.25, 0.3) is 0 Å². The summed E-state index contributed by atoms with van der Waals surface area (Å²) in [5.74, 6) is 0. The second kappa shape index (κ2) is 7.94. The van der Waals surface area contributed by atoms with E-state index in [1.807, 2.05) is 6.92 Å². The average Bonchev–Trinajstić information content (AvgIpc) is 1.96. The summed E-state index contributed by atoms with van der Waals surface area (Å²) in [6.07, 6.45) is 0. The molecule has 11 heavy (non-hydrogen) atoms. The summed E-state index contributed by atoms with van der Waals surface area (Å²) >= 11 is 0. The maximum absolute atomic E-state index is 8.68. The fraction of sp³-hybridized carbons (Fsp3) is 1.00. The predicted octanol–water partition coefficient (Wildman–Crippen LogP) is 0.361. The van der Waals surface area contributed by atoms with Gasteiger partial charge in [-0.2, -0.15) is 5.06 Å². The van der Waals surface area contributed by atoms with Crippen LogP contribution in [0.4, 0.5) is 0 Å². The highest BCUT2D eigenvalue weighted by Crippen LogP contribution is 1.79. The maximum Gasteiger partial charge on any atom is 0.0701 e. The third-order valence-corrected chi connectivity index (χ3v) is 1.14. The van der Waals surface area contributed by atoms with E-state index in [9.17, 15) is 0 Å². The Bertz CT molecular complexity index is 78.1. The maximum atomic E-state index is 8.68. The van der Waals surface area contributed by atoms with Crippen molar-refractivity contribution in [1.82, 2.24) is 5.06 Å². The number of ether oxygens (including phenoxy) is 2. The van der Waals surface area contributed by atoms with E-state index in [1.165, 1.54) is 0 Å². The molecule has 0 aliphatic carbocycles. The van der Waals surface area contributed by atoms with Gasteiger partial charge in [-0.15, -0.1) is 0 Å². The lowest BCUT2D eigenvalue weighted by Gasteiger charge is -2.07. The van der Waals surface area contributed by atoms with E-state index in [2.05, 4.69) is 0 Å². The van der Waals surface area contributed by atoms with Gasteiger partial charge in [0, 0.05) is 20.2 Å². The highest BCUT2D eigenvalue weighted by Gasteiger charge is 1.91. The first-order valence-corrected chi connectivity index (χ1v) is 3.83. The monoisotopic (exact) mass is 163 g/mol. The molecule has 0 saturated carbocycles. The molecule has 0 aromatic heterocycles. The Morgan fingerprint density at radius 2 is 1.82 bits per heavy atom. The fourth-order valence-corrected chi connectivity index (χ4v) is 0.561. The van der Waals surface area contributed by atoms with Gasteiger partial charge in [0.1, 0.15) is 0 Å². The standard InChI is InChI=1S/C7H17NO3/c1-3-10-6-7-11-5-4-8(2)9/h9H,3-7H2,1-2H3. The Kier molecular flexibility index (Phi) is 7.83. The number of hydrogen-bond donors (Lipinski definition) is 1. The molecule has 0 aromatic carbocycles. The minimum atomic E-state index is 0.534. The molecule has 0 amide bonds. The van der Waals surface area contributed by atoms with Crippen LogP contribution in [0.1, 0.15) is 6.92 Å². The van der Waals surface area contributed by atoms with Crippen molar-refractivity contribution in [3.63, 3.8) is 0 Å². The molecule has 4 nitrogen and oxygen atoms in total. The Hall–Kier alpha value is -0.160. The van der Waals surface area contributed by atoms with Crippen LogP contribution in [-0.2, 0) is 9.47 Å². The molecule has 0 spiro atoms. The summed E-state index contributed by atoms with van der Waals surface area (Å²) in [6, 6.07) is 0. The van der Waals surface area contributed by atoms with Crippen LogP contribution in [-0.4, -0.2) is 50.3 Å². The van der Waals surface area contributed by atoms with E-state index in [1.54, 1.807) is 7.05 Å². The van der Waals surface area contributed by atoms with Gasteiger partial charge in [-0.3, -0.25) is 0 Å². The Labute approximate surface area is 67.7 Å².